The summed E-state index contributed by atoms with van der Waals surface area (Å²) < 4.78 is 47.3. The molecule has 2 fully saturated rings. The number of thiocarbonyl (C=S) groups is 1. The number of benzene rings is 1. The minimum atomic E-state index is -4.55. The summed E-state index contributed by atoms with van der Waals surface area (Å²) >= 11 is 5.59. The van der Waals surface area contributed by atoms with E-state index in [1.165, 1.54) is 16.7 Å². The first-order valence-corrected chi connectivity index (χ1v) is 11.7. The van der Waals surface area contributed by atoms with Crippen molar-refractivity contribution in [1.29, 1.82) is 0 Å². The van der Waals surface area contributed by atoms with Crippen molar-refractivity contribution in [2.75, 3.05) is 45.9 Å². The Morgan fingerprint density at radius 1 is 1.26 bits per heavy atom. The number of rotatable bonds is 5. The summed E-state index contributed by atoms with van der Waals surface area (Å²) in [5.41, 5.74) is -1.04. The predicted molar refractivity (Wildman–Crippen MR) is 122 cm³/mol. The predicted octanol–water partition coefficient (Wildman–Crippen LogP) is 2.26. The quantitative estimate of drug-likeness (QED) is 0.485. The monoisotopic (exact) mass is 497 g/mol. The molecule has 2 aromatic rings. The van der Waals surface area contributed by atoms with E-state index in [1.54, 1.807) is 0 Å². The second-order valence-electron chi connectivity index (χ2n) is 8.84. The third-order valence-electron chi connectivity index (χ3n) is 6.78. The van der Waals surface area contributed by atoms with Gasteiger partial charge in [0.2, 0.25) is 5.88 Å². The molecule has 3 aliphatic heterocycles. The van der Waals surface area contributed by atoms with Gasteiger partial charge in [-0.1, -0.05) is 6.07 Å². The maximum atomic E-state index is 13.2. The van der Waals surface area contributed by atoms with Gasteiger partial charge in [-0.25, -0.2) is 9.36 Å². The molecule has 4 heterocycles. The van der Waals surface area contributed by atoms with Crippen molar-refractivity contribution in [2.24, 2.45) is 0 Å². The SMILES string of the molecule is O=c1n(-c2cccc(C(F)(F)F)c2)c(O)c2n1C1CC2N(C(=S)NCCCN2CCOCC2)C1. The number of nitrogens with one attached hydrogen (secondary N) is 1. The van der Waals surface area contributed by atoms with E-state index in [0.717, 1.165) is 56.0 Å². The molecule has 0 aliphatic carbocycles. The van der Waals surface area contributed by atoms with E-state index in [0.29, 0.717) is 30.3 Å². The van der Waals surface area contributed by atoms with Crippen LogP contribution in [-0.4, -0.2) is 75.1 Å². The van der Waals surface area contributed by atoms with E-state index in [2.05, 4.69) is 10.2 Å². The Balaban J connectivity index is 1.30. The molecular weight excluding hydrogens is 471 g/mol. The maximum Gasteiger partial charge on any atom is 0.416 e. The highest BCUT2D eigenvalue weighted by Crippen LogP contribution is 2.48. The molecular formula is C22H26F3N5O3S. The molecule has 1 aromatic carbocycles. The number of hydrogen-bond acceptors (Lipinski definition) is 5. The van der Waals surface area contributed by atoms with Crippen LogP contribution in [0.15, 0.2) is 29.1 Å². The number of imidazole rings is 1. The number of alkyl halides is 3. The maximum absolute atomic E-state index is 13.2. The number of aromatic hydroxyl groups is 1. The fraction of sp³-hybridized carbons (Fsp3) is 0.545. The summed E-state index contributed by atoms with van der Waals surface area (Å²) in [7, 11) is 0. The van der Waals surface area contributed by atoms with Gasteiger partial charge in [-0.05, 0) is 49.8 Å². The summed E-state index contributed by atoms with van der Waals surface area (Å²) in [4.78, 5) is 17.4. The van der Waals surface area contributed by atoms with Gasteiger partial charge >= 0.3 is 11.9 Å². The first-order valence-electron chi connectivity index (χ1n) is 11.3. The minimum absolute atomic E-state index is 0.0195. The highest BCUT2D eigenvalue weighted by Gasteiger charge is 2.48. The molecule has 2 N–H and O–H groups in total. The van der Waals surface area contributed by atoms with Gasteiger partial charge in [-0.15, -0.1) is 0 Å². The van der Waals surface area contributed by atoms with Crippen LogP contribution in [-0.2, 0) is 10.9 Å². The highest BCUT2D eigenvalue weighted by molar-refractivity contribution is 7.80. The zero-order valence-electron chi connectivity index (χ0n) is 18.4. The largest absolute Gasteiger partial charge is 0.493 e. The molecule has 2 unspecified atom stereocenters. The van der Waals surface area contributed by atoms with Crippen LogP contribution in [0.25, 0.3) is 5.69 Å². The molecule has 0 saturated carbocycles. The third-order valence-corrected chi connectivity index (χ3v) is 7.16. The fourth-order valence-corrected chi connectivity index (χ4v) is 5.45. The van der Waals surface area contributed by atoms with Crippen molar-refractivity contribution in [3.8, 4) is 11.6 Å². The van der Waals surface area contributed by atoms with Crippen LogP contribution in [0.4, 0.5) is 13.2 Å². The topological polar surface area (TPSA) is 74.9 Å². The lowest BCUT2D eigenvalue weighted by atomic mass is 10.2. The van der Waals surface area contributed by atoms with Gasteiger partial charge in [0.25, 0.3) is 0 Å². The first-order chi connectivity index (χ1) is 16.3. The van der Waals surface area contributed by atoms with E-state index < -0.39 is 17.4 Å². The van der Waals surface area contributed by atoms with Crippen LogP contribution in [0.5, 0.6) is 5.88 Å². The van der Waals surface area contributed by atoms with Crippen LogP contribution < -0.4 is 11.0 Å². The number of halogens is 3. The molecule has 2 saturated heterocycles. The summed E-state index contributed by atoms with van der Waals surface area (Å²) in [5.74, 6) is -0.336. The molecule has 2 atom stereocenters. The lowest BCUT2D eigenvalue weighted by molar-refractivity contribution is -0.137. The van der Waals surface area contributed by atoms with Crippen LogP contribution >= 0.6 is 12.2 Å². The Labute approximate surface area is 199 Å². The van der Waals surface area contributed by atoms with Crippen LogP contribution in [0.2, 0.25) is 0 Å². The number of hydrogen-bond donors (Lipinski definition) is 2. The fourth-order valence-electron chi connectivity index (χ4n) is 5.15. The van der Waals surface area contributed by atoms with Crippen molar-refractivity contribution in [2.45, 2.75) is 31.1 Å². The Hall–Kier alpha value is -2.57. The van der Waals surface area contributed by atoms with E-state index >= 15 is 0 Å². The van der Waals surface area contributed by atoms with Gasteiger partial charge in [0.05, 0.1) is 36.5 Å². The summed E-state index contributed by atoms with van der Waals surface area (Å²) in [6.45, 7) is 5.54. The highest BCUT2D eigenvalue weighted by atomic mass is 32.1. The third kappa shape index (κ3) is 4.07. The molecule has 0 radical (unpaired) electrons. The van der Waals surface area contributed by atoms with E-state index in [-0.39, 0.29) is 23.7 Å². The van der Waals surface area contributed by atoms with E-state index in [1.807, 2.05) is 4.90 Å². The zero-order chi connectivity index (χ0) is 24.0. The summed E-state index contributed by atoms with van der Waals surface area (Å²) in [6.07, 6.45) is -3.01. The van der Waals surface area contributed by atoms with E-state index in [4.69, 9.17) is 17.0 Å². The zero-order valence-corrected chi connectivity index (χ0v) is 19.2. The lowest BCUT2D eigenvalue weighted by Gasteiger charge is -2.30. The molecule has 5 rings (SSSR count). The number of aromatic nitrogens is 2. The lowest BCUT2D eigenvalue weighted by Crippen LogP contribution is -2.44. The Kier molecular flexibility index (Phi) is 6.07. The molecule has 0 amide bonds. The summed E-state index contributed by atoms with van der Waals surface area (Å²) in [6, 6.07) is 3.92. The number of morpholine rings is 1. The standard InChI is InChI=1S/C22H26F3N5O3S/c23-22(24,25)14-3-1-4-15(11-14)30-19(31)18-17-12-16(29(18)21(30)32)13-28(17)20(34)26-5-2-6-27-7-9-33-10-8-27/h1,3-4,11,16-17,31H,2,5-10,12-13H2,(H,26,34). The number of ether oxygens (including phenoxy) is 1. The molecule has 3 aliphatic rings. The Morgan fingerprint density at radius 2 is 2.03 bits per heavy atom. The molecule has 0 spiro atoms. The molecule has 184 valence electrons. The van der Waals surface area contributed by atoms with Crippen molar-refractivity contribution in [1.82, 2.24) is 24.3 Å². The smallest absolute Gasteiger partial charge is 0.416 e. The second-order valence-corrected chi connectivity index (χ2v) is 9.23. The van der Waals surface area contributed by atoms with Gasteiger partial charge in [0.15, 0.2) is 5.11 Å². The van der Waals surface area contributed by atoms with Crippen LogP contribution in [0.1, 0.15) is 36.2 Å². The van der Waals surface area contributed by atoms with Crippen molar-refractivity contribution in [3.63, 3.8) is 0 Å². The summed E-state index contributed by atoms with van der Waals surface area (Å²) in [5, 5.41) is 14.7. The van der Waals surface area contributed by atoms with Gasteiger partial charge in [0, 0.05) is 26.2 Å². The van der Waals surface area contributed by atoms with Crippen molar-refractivity contribution >= 4 is 17.3 Å². The first kappa shape index (κ1) is 23.2. The van der Waals surface area contributed by atoms with Gasteiger partial charge in [-0.2, -0.15) is 13.2 Å². The molecule has 8 nitrogen and oxygen atoms in total. The molecule has 1 aromatic heterocycles. The normalized spacial score (nSPS) is 22.3. The molecule has 2 bridgehead atoms. The van der Waals surface area contributed by atoms with Gasteiger partial charge in [0.1, 0.15) is 5.69 Å². The van der Waals surface area contributed by atoms with Crippen molar-refractivity contribution < 1.29 is 23.0 Å². The Morgan fingerprint density at radius 3 is 2.76 bits per heavy atom. The number of likely N-dealkylation sites (tertiary alicyclic amines) is 1. The van der Waals surface area contributed by atoms with Crippen molar-refractivity contribution in [3.05, 3.63) is 46.0 Å². The van der Waals surface area contributed by atoms with E-state index in [9.17, 15) is 23.1 Å². The van der Waals surface area contributed by atoms with Gasteiger partial charge in [-0.3, -0.25) is 9.47 Å². The molecule has 12 heteroatoms. The average molecular weight is 498 g/mol. The van der Waals surface area contributed by atoms with Gasteiger partial charge < -0.3 is 20.1 Å². The number of nitrogens with zero attached hydrogens (tertiary/aromatic N) is 4. The van der Waals surface area contributed by atoms with Crippen LogP contribution in [0.3, 0.4) is 0 Å². The molecule has 34 heavy (non-hydrogen) atoms. The Bertz CT molecular complexity index is 1140. The van der Waals surface area contributed by atoms with Crippen LogP contribution in [0, 0.1) is 0 Å². The minimum Gasteiger partial charge on any atom is -0.493 e. The number of fused-ring (bicyclic) bond motifs is 5. The second kappa shape index (κ2) is 8.90. The average Bonchev–Trinajstić information content (AvgIpc) is 3.48.